The molecular weight excluding hydrogens is 234 g/mol. The lowest BCUT2D eigenvalue weighted by atomic mass is 10.4. The maximum absolute atomic E-state index is 12.4. The number of benzene rings is 1. The van der Waals surface area contributed by atoms with Gasteiger partial charge in [-0.1, -0.05) is 30.9 Å². The van der Waals surface area contributed by atoms with E-state index in [1.54, 1.807) is 59.4 Å². The van der Waals surface area contributed by atoms with Gasteiger partial charge in [0.05, 0.1) is 4.90 Å². The van der Waals surface area contributed by atoms with Gasteiger partial charge in [-0.3, -0.25) is 0 Å². The molecule has 3 nitrogen and oxygen atoms in total. The van der Waals surface area contributed by atoms with Crippen LogP contribution in [-0.4, -0.2) is 13.0 Å². The average Bonchev–Trinajstić information content (AvgIpc) is 2.84. The van der Waals surface area contributed by atoms with E-state index in [2.05, 4.69) is 6.58 Å². The molecule has 4 heteroatoms. The predicted molar refractivity (Wildman–Crippen MR) is 67.3 cm³/mol. The number of nitrogens with zero attached hydrogens (tertiary/aromatic N) is 1. The molecule has 0 aliphatic carbocycles. The molecule has 88 valence electrons. The van der Waals surface area contributed by atoms with Gasteiger partial charge < -0.3 is 4.57 Å². The smallest absolute Gasteiger partial charge is 0.203 e. The molecule has 0 spiro atoms. The summed E-state index contributed by atoms with van der Waals surface area (Å²) in [5.74, 6) is 0. The fourth-order valence-corrected chi connectivity index (χ4v) is 3.21. The van der Waals surface area contributed by atoms with Crippen LogP contribution in [0.25, 0.3) is 0 Å². The van der Waals surface area contributed by atoms with E-state index in [0.717, 1.165) is 0 Å². The molecule has 2 aromatic rings. The summed E-state index contributed by atoms with van der Waals surface area (Å²) in [4.78, 5) is 0.304. The van der Waals surface area contributed by atoms with Crippen molar-refractivity contribution in [3.63, 3.8) is 0 Å². The molecular formula is C13H13NO2S. The summed E-state index contributed by atoms with van der Waals surface area (Å²) in [5, 5.41) is -0.764. The van der Waals surface area contributed by atoms with Gasteiger partial charge >= 0.3 is 0 Å². The van der Waals surface area contributed by atoms with Crippen molar-refractivity contribution in [1.29, 1.82) is 0 Å². The Morgan fingerprint density at radius 2 is 1.65 bits per heavy atom. The van der Waals surface area contributed by atoms with E-state index in [0.29, 0.717) is 4.90 Å². The minimum atomic E-state index is -3.43. The van der Waals surface area contributed by atoms with Gasteiger partial charge in [-0.2, -0.15) is 0 Å². The number of hydrogen-bond donors (Lipinski definition) is 0. The van der Waals surface area contributed by atoms with Gasteiger partial charge in [-0.15, -0.1) is 0 Å². The highest BCUT2D eigenvalue weighted by molar-refractivity contribution is 7.91. The Balaban J connectivity index is 2.48. The van der Waals surface area contributed by atoms with E-state index in [4.69, 9.17) is 0 Å². The fourth-order valence-electron chi connectivity index (χ4n) is 1.68. The molecule has 1 aromatic carbocycles. The van der Waals surface area contributed by atoms with Crippen LogP contribution in [0.4, 0.5) is 0 Å². The standard InChI is InChI=1S/C13H13NO2S/c1-2-13(14-10-6-7-11-14)17(15,16)12-8-4-3-5-9-12/h2-11,13H,1H2. The minimum absolute atomic E-state index is 0.304. The topological polar surface area (TPSA) is 39.1 Å². The van der Waals surface area contributed by atoms with Crippen LogP contribution in [-0.2, 0) is 9.84 Å². The van der Waals surface area contributed by atoms with Crippen molar-refractivity contribution < 1.29 is 8.42 Å². The average molecular weight is 247 g/mol. The molecule has 1 heterocycles. The molecule has 0 saturated carbocycles. The molecule has 0 fully saturated rings. The first-order valence-electron chi connectivity index (χ1n) is 5.20. The number of hydrogen-bond acceptors (Lipinski definition) is 2. The van der Waals surface area contributed by atoms with E-state index in [9.17, 15) is 8.42 Å². The highest BCUT2D eigenvalue weighted by Gasteiger charge is 2.25. The maximum atomic E-state index is 12.4. The van der Waals surface area contributed by atoms with Crippen LogP contribution in [0.2, 0.25) is 0 Å². The van der Waals surface area contributed by atoms with Crippen LogP contribution >= 0.6 is 0 Å². The molecule has 17 heavy (non-hydrogen) atoms. The van der Waals surface area contributed by atoms with Crippen LogP contribution in [0.1, 0.15) is 5.37 Å². The van der Waals surface area contributed by atoms with Gasteiger partial charge in [0.15, 0.2) is 5.37 Å². The SMILES string of the molecule is C=CC(n1cccc1)S(=O)(=O)c1ccccc1. The Morgan fingerprint density at radius 1 is 1.06 bits per heavy atom. The van der Waals surface area contributed by atoms with E-state index < -0.39 is 15.2 Å². The predicted octanol–water partition coefficient (Wildman–Crippen LogP) is 2.65. The van der Waals surface area contributed by atoms with Crippen molar-refractivity contribution in [3.05, 3.63) is 67.5 Å². The molecule has 0 bridgehead atoms. The zero-order valence-corrected chi connectivity index (χ0v) is 10.0. The summed E-state index contributed by atoms with van der Waals surface area (Å²) in [6.07, 6.45) is 4.86. The third-order valence-electron chi connectivity index (χ3n) is 2.51. The summed E-state index contributed by atoms with van der Waals surface area (Å²) in [6, 6.07) is 12.0. The quantitative estimate of drug-likeness (QED) is 0.779. The number of rotatable bonds is 4. The monoisotopic (exact) mass is 247 g/mol. The molecule has 1 unspecified atom stereocenters. The Morgan fingerprint density at radius 3 is 2.18 bits per heavy atom. The van der Waals surface area contributed by atoms with E-state index in [-0.39, 0.29) is 0 Å². The third kappa shape index (κ3) is 2.17. The van der Waals surface area contributed by atoms with Gasteiger partial charge in [0.25, 0.3) is 0 Å². The van der Waals surface area contributed by atoms with Gasteiger partial charge in [-0.05, 0) is 24.3 Å². The van der Waals surface area contributed by atoms with E-state index >= 15 is 0 Å². The molecule has 0 aliphatic heterocycles. The highest BCUT2D eigenvalue weighted by atomic mass is 32.2. The number of aromatic nitrogens is 1. The Hall–Kier alpha value is -1.81. The van der Waals surface area contributed by atoms with Crippen molar-refractivity contribution in [1.82, 2.24) is 4.57 Å². The summed E-state index contributed by atoms with van der Waals surface area (Å²) in [6.45, 7) is 3.61. The molecule has 0 radical (unpaired) electrons. The summed E-state index contributed by atoms with van der Waals surface area (Å²) in [5.41, 5.74) is 0. The summed E-state index contributed by atoms with van der Waals surface area (Å²) >= 11 is 0. The largest absolute Gasteiger partial charge is 0.334 e. The van der Waals surface area contributed by atoms with Crippen molar-refractivity contribution in [2.24, 2.45) is 0 Å². The van der Waals surface area contributed by atoms with Crippen LogP contribution in [0, 0.1) is 0 Å². The first-order chi connectivity index (χ1) is 8.16. The lowest BCUT2D eigenvalue weighted by Gasteiger charge is -2.15. The maximum Gasteiger partial charge on any atom is 0.203 e. The van der Waals surface area contributed by atoms with Crippen LogP contribution < -0.4 is 0 Å². The minimum Gasteiger partial charge on any atom is -0.334 e. The van der Waals surface area contributed by atoms with Crippen LogP contribution in [0.5, 0.6) is 0 Å². The lowest BCUT2D eigenvalue weighted by molar-refractivity contribution is 0.572. The summed E-state index contributed by atoms with van der Waals surface area (Å²) in [7, 11) is -3.43. The molecule has 0 aliphatic rings. The van der Waals surface area contributed by atoms with Crippen LogP contribution in [0.3, 0.4) is 0 Å². The Bertz CT molecular complexity index is 586. The molecule has 0 N–H and O–H groups in total. The van der Waals surface area contributed by atoms with Crippen LogP contribution in [0.15, 0.2) is 72.4 Å². The molecule has 0 amide bonds. The van der Waals surface area contributed by atoms with E-state index in [1.165, 1.54) is 6.08 Å². The Kier molecular flexibility index (Phi) is 3.15. The lowest BCUT2D eigenvalue weighted by Crippen LogP contribution is -2.16. The second kappa shape index (κ2) is 4.59. The molecule has 0 saturated heterocycles. The summed E-state index contributed by atoms with van der Waals surface area (Å²) < 4.78 is 26.4. The van der Waals surface area contributed by atoms with Gasteiger partial charge in [0.2, 0.25) is 9.84 Å². The van der Waals surface area contributed by atoms with Gasteiger partial charge in [0, 0.05) is 12.4 Å². The van der Waals surface area contributed by atoms with Crippen molar-refractivity contribution in [2.45, 2.75) is 10.3 Å². The van der Waals surface area contributed by atoms with Crippen molar-refractivity contribution >= 4 is 9.84 Å². The highest BCUT2D eigenvalue weighted by Crippen LogP contribution is 2.24. The molecule has 1 aromatic heterocycles. The zero-order valence-electron chi connectivity index (χ0n) is 9.23. The first-order valence-corrected chi connectivity index (χ1v) is 6.75. The van der Waals surface area contributed by atoms with Crippen molar-refractivity contribution in [3.8, 4) is 0 Å². The fraction of sp³-hybridized carbons (Fsp3) is 0.0769. The second-order valence-corrected chi connectivity index (χ2v) is 5.66. The van der Waals surface area contributed by atoms with Gasteiger partial charge in [-0.25, -0.2) is 8.42 Å². The third-order valence-corrected chi connectivity index (χ3v) is 4.51. The Labute approximate surface area is 101 Å². The second-order valence-electron chi connectivity index (χ2n) is 3.61. The van der Waals surface area contributed by atoms with Gasteiger partial charge in [0.1, 0.15) is 0 Å². The van der Waals surface area contributed by atoms with Crippen molar-refractivity contribution in [2.75, 3.05) is 0 Å². The first kappa shape index (κ1) is 11.7. The molecule has 2 rings (SSSR count). The molecule has 1 atom stereocenters. The zero-order chi connectivity index (χ0) is 12.3. The number of sulfone groups is 1. The van der Waals surface area contributed by atoms with E-state index in [1.807, 2.05) is 0 Å². The normalized spacial score (nSPS) is 13.2.